The molecule has 0 aliphatic carbocycles. The number of carbonyl (C=O) groups excluding carboxylic acids is 2. The quantitative estimate of drug-likeness (QED) is 0.275. The minimum absolute atomic E-state index is 0.00553. The molecular formula is C29H32BrFN2O2S. The van der Waals surface area contributed by atoms with Crippen LogP contribution in [-0.4, -0.2) is 34.6 Å². The van der Waals surface area contributed by atoms with Gasteiger partial charge >= 0.3 is 0 Å². The Labute approximate surface area is 225 Å². The Morgan fingerprint density at radius 2 is 1.69 bits per heavy atom. The molecule has 7 heteroatoms. The van der Waals surface area contributed by atoms with Crippen molar-refractivity contribution in [3.05, 3.63) is 106 Å². The van der Waals surface area contributed by atoms with E-state index < -0.39 is 6.04 Å². The topological polar surface area (TPSA) is 49.4 Å². The predicted molar refractivity (Wildman–Crippen MR) is 149 cm³/mol. The third-order valence-electron chi connectivity index (χ3n) is 5.96. The van der Waals surface area contributed by atoms with Gasteiger partial charge in [0.15, 0.2) is 0 Å². The van der Waals surface area contributed by atoms with E-state index in [1.54, 1.807) is 23.1 Å². The zero-order chi connectivity index (χ0) is 25.9. The highest BCUT2D eigenvalue weighted by Crippen LogP contribution is 2.21. The summed E-state index contributed by atoms with van der Waals surface area (Å²) in [6, 6.07) is 23.4. The lowest BCUT2D eigenvalue weighted by Gasteiger charge is -2.32. The summed E-state index contributed by atoms with van der Waals surface area (Å²) in [5.74, 6) is -0.0824. The lowest BCUT2D eigenvalue weighted by molar-refractivity contribution is -0.139. The van der Waals surface area contributed by atoms with Crippen LogP contribution < -0.4 is 5.32 Å². The molecule has 0 saturated carbocycles. The molecule has 0 aliphatic rings. The van der Waals surface area contributed by atoms with Crippen molar-refractivity contribution in [1.29, 1.82) is 0 Å². The van der Waals surface area contributed by atoms with E-state index in [4.69, 9.17) is 0 Å². The molecule has 1 N–H and O–H groups in total. The van der Waals surface area contributed by atoms with Gasteiger partial charge < -0.3 is 10.2 Å². The summed E-state index contributed by atoms with van der Waals surface area (Å²) in [7, 11) is 0. The summed E-state index contributed by atoms with van der Waals surface area (Å²) >= 11 is 4.86. The average molecular weight is 572 g/mol. The van der Waals surface area contributed by atoms with E-state index in [0.717, 1.165) is 22.0 Å². The fourth-order valence-electron chi connectivity index (χ4n) is 3.77. The summed E-state index contributed by atoms with van der Waals surface area (Å²) in [4.78, 5) is 28.8. The number of hydrogen-bond acceptors (Lipinski definition) is 3. The highest BCUT2D eigenvalue weighted by molar-refractivity contribution is 9.10. The Hall–Kier alpha value is -2.64. The number of thioether (sulfide) groups is 1. The van der Waals surface area contributed by atoms with Gasteiger partial charge in [0, 0.05) is 29.2 Å². The first-order valence-electron chi connectivity index (χ1n) is 12.1. The number of rotatable bonds is 12. The number of halogens is 2. The van der Waals surface area contributed by atoms with Gasteiger partial charge in [0.25, 0.3) is 0 Å². The van der Waals surface area contributed by atoms with Gasteiger partial charge in [-0.25, -0.2) is 4.39 Å². The molecule has 0 spiro atoms. The summed E-state index contributed by atoms with van der Waals surface area (Å²) in [5, 5.41) is 3.07. The van der Waals surface area contributed by atoms with E-state index in [9.17, 15) is 14.0 Å². The van der Waals surface area contributed by atoms with E-state index in [1.807, 2.05) is 68.4 Å². The van der Waals surface area contributed by atoms with E-state index >= 15 is 0 Å². The molecule has 0 saturated heterocycles. The number of hydrogen-bond donors (Lipinski definition) is 1. The maximum atomic E-state index is 14.1. The maximum Gasteiger partial charge on any atom is 0.243 e. The highest BCUT2D eigenvalue weighted by Gasteiger charge is 2.31. The van der Waals surface area contributed by atoms with Crippen molar-refractivity contribution in [2.75, 3.05) is 5.75 Å². The molecule has 0 aromatic heterocycles. The Morgan fingerprint density at radius 1 is 1.00 bits per heavy atom. The van der Waals surface area contributed by atoms with Crippen LogP contribution >= 0.6 is 27.7 Å². The van der Waals surface area contributed by atoms with Crippen LogP contribution in [0.2, 0.25) is 0 Å². The first-order chi connectivity index (χ1) is 17.4. The Morgan fingerprint density at radius 3 is 2.39 bits per heavy atom. The molecule has 0 aliphatic heterocycles. The van der Waals surface area contributed by atoms with Gasteiger partial charge in [-0.2, -0.15) is 0 Å². The second kappa shape index (κ2) is 14.2. The van der Waals surface area contributed by atoms with Gasteiger partial charge in [-0.3, -0.25) is 9.59 Å². The molecule has 4 nitrogen and oxygen atoms in total. The van der Waals surface area contributed by atoms with E-state index in [0.29, 0.717) is 24.3 Å². The van der Waals surface area contributed by atoms with Crippen LogP contribution in [0.5, 0.6) is 0 Å². The highest BCUT2D eigenvalue weighted by atomic mass is 79.9. The zero-order valence-corrected chi connectivity index (χ0v) is 23.0. The van der Waals surface area contributed by atoms with Crippen molar-refractivity contribution in [1.82, 2.24) is 10.2 Å². The molecule has 0 bridgehead atoms. The van der Waals surface area contributed by atoms with Gasteiger partial charge in [0.05, 0.1) is 5.75 Å². The second-order valence-electron chi connectivity index (χ2n) is 8.76. The van der Waals surface area contributed by atoms with Crippen LogP contribution in [0, 0.1) is 5.82 Å². The van der Waals surface area contributed by atoms with Crippen LogP contribution in [0.3, 0.4) is 0 Å². The van der Waals surface area contributed by atoms with E-state index in [2.05, 4.69) is 21.2 Å². The molecule has 0 radical (unpaired) electrons. The second-order valence-corrected chi connectivity index (χ2v) is 10.7. The molecule has 190 valence electrons. The van der Waals surface area contributed by atoms with Crippen molar-refractivity contribution in [2.45, 2.75) is 51.1 Å². The normalized spacial score (nSPS) is 12.6. The van der Waals surface area contributed by atoms with Gasteiger partial charge in [0.2, 0.25) is 11.8 Å². The number of nitrogens with zero attached hydrogens (tertiary/aromatic N) is 1. The smallest absolute Gasteiger partial charge is 0.243 e. The molecule has 2 amide bonds. The minimum Gasteiger partial charge on any atom is -0.352 e. The summed E-state index contributed by atoms with van der Waals surface area (Å²) in [6.07, 6.45) is 1.20. The van der Waals surface area contributed by atoms with Crippen LogP contribution in [0.4, 0.5) is 4.39 Å². The van der Waals surface area contributed by atoms with Gasteiger partial charge in [0.1, 0.15) is 11.9 Å². The van der Waals surface area contributed by atoms with Crippen molar-refractivity contribution < 1.29 is 14.0 Å². The summed E-state index contributed by atoms with van der Waals surface area (Å²) in [6.45, 7) is 4.27. The van der Waals surface area contributed by atoms with Crippen LogP contribution in [0.25, 0.3) is 0 Å². The predicted octanol–water partition coefficient (Wildman–Crippen LogP) is 6.38. The molecule has 3 aromatic carbocycles. The molecule has 36 heavy (non-hydrogen) atoms. The first-order valence-corrected chi connectivity index (χ1v) is 14.0. The van der Waals surface area contributed by atoms with Crippen molar-refractivity contribution in [2.24, 2.45) is 0 Å². The number of carbonyl (C=O) groups is 2. The molecule has 3 rings (SSSR count). The Kier molecular flexibility index (Phi) is 11.0. The number of benzene rings is 3. The third-order valence-corrected chi connectivity index (χ3v) is 7.41. The SMILES string of the molecule is CC[C@H](C)NC(=O)[C@@H](Cc1ccccc1)N(Cc1cccc(Br)c1)C(=O)CSCc1ccccc1F. The van der Waals surface area contributed by atoms with Crippen molar-refractivity contribution >= 4 is 39.5 Å². The lowest BCUT2D eigenvalue weighted by atomic mass is 10.0. The molecule has 0 unspecified atom stereocenters. The monoisotopic (exact) mass is 570 g/mol. The van der Waals surface area contributed by atoms with Gasteiger partial charge in [-0.05, 0) is 48.2 Å². The van der Waals surface area contributed by atoms with Crippen LogP contribution in [-0.2, 0) is 28.3 Å². The minimum atomic E-state index is -0.679. The molecule has 0 heterocycles. The standard InChI is InChI=1S/C29H32BrFN2O2S/c1-3-21(2)32-29(35)27(17-22-10-5-4-6-11-22)33(18-23-12-9-14-25(30)16-23)28(34)20-36-19-24-13-7-8-15-26(24)31/h4-16,21,27H,3,17-20H2,1-2H3,(H,32,35)/t21-,27+/m0/s1. The molecule has 3 aromatic rings. The van der Waals surface area contributed by atoms with Crippen molar-refractivity contribution in [3.63, 3.8) is 0 Å². The molecule has 2 atom stereocenters. The average Bonchev–Trinajstić information content (AvgIpc) is 2.87. The lowest BCUT2D eigenvalue weighted by Crippen LogP contribution is -2.52. The van der Waals surface area contributed by atoms with Crippen molar-refractivity contribution in [3.8, 4) is 0 Å². The number of amides is 2. The fraction of sp³-hybridized carbons (Fsp3) is 0.310. The Balaban J connectivity index is 1.86. The fourth-order valence-corrected chi connectivity index (χ4v) is 5.12. The zero-order valence-electron chi connectivity index (χ0n) is 20.6. The first kappa shape index (κ1) is 27.9. The Bertz CT molecular complexity index is 1140. The molecular weight excluding hydrogens is 539 g/mol. The largest absolute Gasteiger partial charge is 0.352 e. The van der Waals surface area contributed by atoms with Crippen LogP contribution in [0.15, 0.2) is 83.3 Å². The maximum absolute atomic E-state index is 14.1. The summed E-state index contributed by atoms with van der Waals surface area (Å²) in [5.41, 5.74) is 2.46. The van der Waals surface area contributed by atoms with E-state index in [1.165, 1.54) is 17.8 Å². The molecule has 0 fully saturated rings. The third kappa shape index (κ3) is 8.49. The number of nitrogens with one attached hydrogen (secondary N) is 1. The van der Waals surface area contributed by atoms with Crippen LogP contribution in [0.1, 0.15) is 37.0 Å². The summed E-state index contributed by atoms with van der Waals surface area (Å²) < 4.78 is 15.0. The van der Waals surface area contributed by atoms with E-state index in [-0.39, 0.29) is 29.4 Å². The van der Waals surface area contributed by atoms with Gasteiger partial charge in [-0.15, -0.1) is 11.8 Å². The van der Waals surface area contributed by atoms with Gasteiger partial charge in [-0.1, -0.05) is 83.5 Å².